The van der Waals surface area contributed by atoms with Crippen molar-refractivity contribution in [2.45, 2.75) is 37.3 Å². The van der Waals surface area contributed by atoms with Crippen LogP contribution < -0.4 is 0 Å². The van der Waals surface area contributed by atoms with Crippen LogP contribution in [0.3, 0.4) is 0 Å². The Bertz CT molecular complexity index is 1120. The van der Waals surface area contributed by atoms with E-state index in [1.807, 2.05) is 4.68 Å². The third kappa shape index (κ3) is 3.44. The highest BCUT2D eigenvalue weighted by Gasteiger charge is 2.22. The summed E-state index contributed by atoms with van der Waals surface area (Å²) in [7, 11) is 0. The Morgan fingerprint density at radius 3 is 2.72 bits per heavy atom. The standard InChI is InChI=1S/C21H19N5O2S/c27-26(28)17-10-8-15(9-11-17)19-13-29-21-23-22-20(25(21)24-19)12-16-6-3-5-14-4-1-2-7-18(14)16/h3,5-6,8-11H,1-2,4,7,12-13H2. The van der Waals surface area contributed by atoms with Gasteiger partial charge in [-0.2, -0.15) is 9.78 Å². The monoisotopic (exact) mass is 405 g/mol. The van der Waals surface area contributed by atoms with E-state index in [2.05, 4.69) is 28.4 Å². The Kier molecular flexibility index (Phi) is 4.63. The van der Waals surface area contributed by atoms with Gasteiger partial charge in [-0.1, -0.05) is 30.0 Å². The van der Waals surface area contributed by atoms with E-state index in [4.69, 9.17) is 5.10 Å². The minimum atomic E-state index is -0.391. The number of benzene rings is 2. The fourth-order valence-electron chi connectivity index (χ4n) is 3.99. The van der Waals surface area contributed by atoms with Crippen LogP contribution in [-0.4, -0.2) is 31.3 Å². The van der Waals surface area contributed by atoms with Crippen molar-refractivity contribution in [3.8, 4) is 0 Å². The maximum atomic E-state index is 10.9. The second-order valence-electron chi connectivity index (χ2n) is 7.29. The highest BCUT2D eigenvalue weighted by Crippen LogP contribution is 2.29. The third-order valence-corrected chi connectivity index (χ3v) is 6.42. The molecular weight excluding hydrogens is 386 g/mol. The van der Waals surface area contributed by atoms with Gasteiger partial charge in [0.25, 0.3) is 5.69 Å². The topological polar surface area (TPSA) is 86.2 Å². The van der Waals surface area contributed by atoms with Gasteiger partial charge < -0.3 is 0 Å². The first-order chi connectivity index (χ1) is 14.2. The van der Waals surface area contributed by atoms with Gasteiger partial charge >= 0.3 is 0 Å². The summed E-state index contributed by atoms with van der Waals surface area (Å²) in [6.07, 6.45) is 5.47. The molecule has 0 saturated carbocycles. The van der Waals surface area contributed by atoms with Crippen LogP contribution in [0.1, 0.15) is 40.9 Å². The van der Waals surface area contributed by atoms with E-state index in [1.165, 1.54) is 41.7 Å². The highest BCUT2D eigenvalue weighted by atomic mass is 32.2. The molecule has 0 fully saturated rings. The Balaban J connectivity index is 1.46. The van der Waals surface area contributed by atoms with Gasteiger partial charge in [0.05, 0.1) is 10.6 Å². The summed E-state index contributed by atoms with van der Waals surface area (Å²) >= 11 is 1.59. The van der Waals surface area contributed by atoms with Crippen LogP contribution in [0.5, 0.6) is 0 Å². The minimum Gasteiger partial charge on any atom is -0.258 e. The number of nitro benzene ring substituents is 1. The van der Waals surface area contributed by atoms with Crippen molar-refractivity contribution in [1.82, 2.24) is 14.9 Å². The summed E-state index contributed by atoms with van der Waals surface area (Å²) in [6, 6.07) is 13.1. The maximum absolute atomic E-state index is 10.9. The Labute approximate surface area is 172 Å². The molecule has 2 aliphatic rings. The summed E-state index contributed by atoms with van der Waals surface area (Å²) < 4.78 is 1.83. The highest BCUT2D eigenvalue weighted by molar-refractivity contribution is 7.99. The molecule has 0 bridgehead atoms. The van der Waals surface area contributed by atoms with E-state index < -0.39 is 4.92 Å². The summed E-state index contributed by atoms with van der Waals surface area (Å²) in [4.78, 5) is 10.5. The number of hydrogen-bond donors (Lipinski definition) is 0. The van der Waals surface area contributed by atoms with Crippen molar-refractivity contribution in [3.63, 3.8) is 0 Å². The molecule has 1 aliphatic heterocycles. The zero-order valence-electron chi connectivity index (χ0n) is 15.7. The molecule has 7 nitrogen and oxygen atoms in total. The average molecular weight is 405 g/mol. The zero-order chi connectivity index (χ0) is 19.8. The van der Waals surface area contributed by atoms with Gasteiger partial charge in [0.15, 0.2) is 5.82 Å². The Hall–Kier alpha value is -3.00. The fraction of sp³-hybridized carbons (Fsp3) is 0.286. The van der Waals surface area contributed by atoms with Gasteiger partial charge in [-0.25, -0.2) is 0 Å². The lowest BCUT2D eigenvalue weighted by atomic mass is 9.87. The molecule has 0 atom stereocenters. The van der Waals surface area contributed by atoms with Crippen LogP contribution in [0, 0.1) is 10.1 Å². The second-order valence-corrected chi connectivity index (χ2v) is 8.23. The number of hydrogen-bond acceptors (Lipinski definition) is 6. The van der Waals surface area contributed by atoms with Crippen LogP contribution in [0.15, 0.2) is 52.7 Å². The molecule has 0 radical (unpaired) electrons. The van der Waals surface area contributed by atoms with Crippen LogP contribution in [-0.2, 0) is 19.3 Å². The first-order valence-corrected chi connectivity index (χ1v) is 10.7. The molecular formula is C21H19N5O2S. The summed E-state index contributed by atoms with van der Waals surface area (Å²) in [5.41, 5.74) is 6.05. The minimum absolute atomic E-state index is 0.0809. The van der Waals surface area contributed by atoms with Crippen LogP contribution in [0.25, 0.3) is 0 Å². The molecule has 146 valence electrons. The quantitative estimate of drug-likeness (QED) is 0.483. The Morgan fingerprint density at radius 1 is 1.07 bits per heavy atom. The molecule has 0 unspecified atom stereocenters. The lowest BCUT2D eigenvalue weighted by Gasteiger charge is -2.19. The van der Waals surface area contributed by atoms with E-state index in [0.29, 0.717) is 12.2 Å². The van der Waals surface area contributed by atoms with Crippen molar-refractivity contribution >= 4 is 23.2 Å². The Morgan fingerprint density at radius 2 is 1.90 bits per heavy atom. The second kappa shape index (κ2) is 7.44. The summed E-state index contributed by atoms with van der Waals surface area (Å²) in [5.74, 6) is 1.49. The van der Waals surface area contributed by atoms with E-state index in [9.17, 15) is 10.1 Å². The van der Waals surface area contributed by atoms with Gasteiger partial charge in [-0.15, -0.1) is 10.2 Å². The van der Waals surface area contributed by atoms with E-state index >= 15 is 0 Å². The smallest absolute Gasteiger partial charge is 0.258 e. The number of nitro groups is 1. The van der Waals surface area contributed by atoms with Crippen LogP contribution >= 0.6 is 11.8 Å². The molecule has 3 aromatic rings. The molecule has 0 saturated heterocycles. The molecule has 0 spiro atoms. The summed E-state index contributed by atoms with van der Waals surface area (Å²) in [6.45, 7) is 0. The number of aryl methyl sites for hydroxylation is 1. The van der Waals surface area contributed by atoms with Crippen molar-refractivity contribution in [1.29, 1.82) is 0 Å². The lowest BCUT2D eigenvalue weighted by Crippen LogP contribution is -2.15. The SMILES string of the molecule is O=[N+]([O-])c1ccc(C2=Nn3c(Cc4cccc5c4CCCC5)nnc3SC2)cc1. The first kappa shape index (κ1) is 18.1. The molecule has 0 N–H and O–H groups in total. The van der Waals surface area contributed by atoms with Crippen molar-refractivity contribution in [2.24, 2.45) is 5.10 Å². The third-order valence-electron chi connectivity index (χ3n) is 5.49. The van der Waals surface area contributed by atoms with E-state index in [0.717, 1.165) is 35.1 Å². The van der Waals surface area contributed by atoms with Crippen LogP contribution in [0.4, 0.5) is 5.69 Å². The molecule has 2 heterocycles. The molecule has 29 heavy (non-hydrogen) atoms. The fourth-order valence-corrected chi connectivity index (χ4v) is 4.85. The number of rotatable bonds is 4. The molecule has 0 amide bonds. The number of non-ortho nitro benzene ring substituents is 1. The van der Waals surface area contributed by atoms with E-state index in [1.54, 1.807) is 23.9 Å². The predicted molar refractivity (Wildman–Crippen MR) is 112 cm³/mol. The molecule has 1 aromatic heterocycles. The van der Waals surface area contributed by atoms with Crippen LogP contribution in [0.2, 0.25) is 0 Å². The van der Waals surface area contributed by atoms with Crippen molar-refractivity contribution in [3.05, 3.63) is 80.7 Å². The number of aromatic nitrogens is 3. The number of fused-ring (bicyclic) bond motifs is 2. The normalized spacial score (nSPS) is 15.4. The molecule has 5 rings (SSSR count). The van der Waals surface area contributed by atoms with Gasteiger partial charge in [0.2, 0.25) is 5.16 Å². The van der Waals surface area contributed by atoms with Gasteiger partial charge in [0, 0.05) is 24.3 Å². The van der Waals surface area contributed by atoms with Crippen molar-refractivity contribution < 1.29 is 4.92 Å². The largest absolute Gasteiger partial charge is 0.269 e. The van der Waals surface area contributed by atoms with E-state index in [-0.39, 0.29) is 5.69 Å². The van der Waals surface area contributed by atoms with Gasteiger partial charge in [-0.3, -0.25) is 10.1 Å². The molecule has 2 aromatic carbocycles. The van der Waals surface area contributed by atoms with Crippen molar-refractivity contribution in [2.75, 3.05) is 5.75 Å². The summed E-state index contributed by atoms with van der Waals surface area (Å²) in [5, 5.41) is 25.2. The zero-order valence-corrected chi connectivity index (χ0v) is 16.6. The maximum Gasteiger partial charge on any atom is 0.269 e. The molecule has 8 heteroatoms. The van der Waals surface area contributed by atoms with Gasteiger partial charge in [-0.05, 0) is 60.1 Å². The average Bonchev–Trinajstić information content (AvgIpc) is 3.16. The molecule has 1 aliphatic carbocycles. The number of nitrogens with zero attached hydrogens (tertiary/aromatic N) is 5. The van der Waals surface area contributed by atoms with Gasteiger partial charge in [0.1, 0.15) is 0 Å². The first-order valence-electron chi connectivity index (χ1n) is 9.68. The number of thioether (sulfide) groups is 1. The lowest BCUT2D eigenvalue weighted by molar-refractivity contribution is -0.384. The predicted octanol–water partition coefficient (Wildman–Crippen LogP) is 4.01.